The Morgan fingerprint density at radius 3 is 2.52 bits per heavy atom. The quantitative estimate of drug-likeness (QED) is 0.453. The van der Waals surface area contributed by atoms with Crippen molar-refractivity contribution in [3.05, 3.63) is 101 Å². The van der Waals surface area contributed by atoms with Gasteiger partial charge in [-0.2, -0.15) is 0 Å². The summed E-state index contributed by atoms with van der Waals surface area (Å²) in [6.45, 7) is 2.56. The predicted octanol–water partition coefficient (Wildman–Crippen LogP) is 5.15. The van der Waals surface area contributed by atoms with E-state index in [0.717, 1.165) is 33.3 Å². The Balaban J connectivity index is 1.83. The molecular formula is C26H25FN2O2. The van der Waals surface area contributed by atoms with Gasteiger partial charge in [0.2, 0.25) is 5.91 Å². The zero-order valence-electron chi connectivity index (χ0n) is 17.6. The van der Waals surface area contributed by atoms with Crippen LogP contribution in [-0.2, 0) is 11.3 Å². The number of halogens is 1. The van der Waals surface area contributed by atoms with Gasteiger partial charge < -0.3 is 15.0 Å². The summed E-state index contributed by atoms with van der Waals surface area (Å²) in [7, 11) is 1.64. The fourth-order valence-corrected chi connectivity index (χ4v) is 4.13. The highest BCUT2D eigenvalue weighted by molar-refractivity contribution is 5.86. The average molecular weight is 416 g/mol. The Kier molecular flexibility index (Phi) is 5.76. The topological polar surface area (TPSA) is 57.2 Å². The Bertz CT molecular complexity index is 1230. The molecule has 1 heterocycles. The maximum absolute atomic E-state index is 14.8. The molecule has 0 radical (unpaired) electrons. The molecule has 1 atom stereocenters. The number of rotatable bonds is 7. The van der Waals surface area contributed by atoms with Crippen molar-refractivity contribution in [3.8, 4) is 5.75 Å². The number of nitrogens with zero attached hydrogens (tertiary/aromatic N) is 1. The molecule has 1 amide bonds. The van der Waals surface area contributed by atoms with Crippen LogP contribution in [0.3, 0.4) is 0 Å². The fraction of sp³-hybridized carbons (Fsp3) is 0.192. The van der Waals surface area contributed by atoms with Gasteiger partial charge in [-0.15, -0.1) is 0 Å². The number of nitrogens with two attached hydrogens (primary N) is 1. The third kappa shape index (κ3) is 4.31. The van der Waals surface area contributed by atoms with Crippen molar-refractivity contribution in [2.75, 3.05) is 7.11 Å². The second kappa shape index (κ2) is 8.64. The lowest BCUT2D eigenvalue weighted by Gasteiger charge is -2.17. The van der Waals surface area contributed by atoms with E-state index in [1.807, 2.05) is 61.7 Å². The SMILES string of the molecule is COc1ccc(Cn2cc([C@H](CC(N)=O)c3cc(C)ccc3F)c3ccccc32)cc1. The molecule has 2 N–H and O–H groups in total. The van der Waals surface area contributed by atoms with Crippen molar-refractivity contribution in [3.63, 3.8) is 0 Å². The van der Waals surface area contributed by atoms with Gasteiger partial charge in [0.05, 0.1) is 7.11 Å². The van der Waals surface area contributed by atoms with E-state index in [2.05, 4.69) is 4.57 Å². The van der Waals surface area contributed by atoms with Gasteiger partial charge in [-0.25, -0.2) is 4.39 Å². The van der Waals surface area contributed by atoms with Crippen LogP contribution in [0.15, 0.2) is 72.9 Å². The molecule has 0 fully saturated rings. The molecular weight excluding hydrogens is 391 g/mol. The van der Waals surface area contributed by atoms with Crippen LogP contribution >= 0.6 is 0 Å². The molecule has 31 heavy (non-hydrogen) atoms. The second-order valence-corrected chi connectivity index (χ2v) is 7.83. The van der Waals surface area contributed by atoms with Gasteiger partial charge in [0.25, 0.3) is 0 Å². The molecule has 0 aliphatic rings. The van der Waals surface area contributed by atoms with E-state index >= 15 is 0 Å². The molecule has 4 aromatic rings. The zero-order valence-corrected chi connectivity index (χ0v) is 17.6. The van der Waals surface area contributed by atoms with Crippen LogP contribution in [-0.4, -0.2) is 17.6 Å². The van der Waals surface area contributed by atoms with Crippen molar-refractivity contribution < 1.29 is 13.9 Å². The first-order chi connectivity index (χ1) is 15.0. The molecule has 5 heteroatoms. The van der Waals surface area contributed by atoms with Gasteiger partial charge in [0.15, 0.2) is 0 Å². The summed E-state index contributed by atoms with van der Waals surface area (Å²) < 4.78 is 22.2. The third-order valence-electron chi connectivity index (χ3n) is 5.64. The molecule has 0 saturated heterocycles. The molecule has 0 unspecified atom stereocenters. The van der Waals surface area contributed by atoms with E-state index in [9.17, 15) is 9.18 Å². The number of fused-ring (bicyclic) bond motifs is 1. The lowest BCUT2D eigenvalue weighted by molar-refractivity contribution is -0.118. The molecule has 0 bridgehead atoms. The van der Waals surface area contributed by atoms with Gasteiger partial charge in [-0.05, 0) is 47.9 Å². The number of aromatic nitrogens is 1. The minimum absolute atomic E-state index is 0.0386. The highest BCUT2D eigenvalue weighted by atomic mass is 19.1. The predicted molar refractivity (Wildman–Crippen MR) is 121 cm³/mol. The Hall–Kier alpha value is -3.60. The number of ether oxygens (including phenoxy) is 1. The molecule has 0 saturated carbocycles. The van der Waals surface area contributed by atoms with E-state index in [-0.39, 0.29) is 12.2 Å². The number of hydrogen-bond donors (Lipinski definition) is 1. The second-order valence-electron chi connectivity index (χ2n) is 7.83. The monoisotopic (exact) mass is 416 g/mol. The van der Waals surface area contributed by atoms with Gasteiger partial charge >= 0.3 is 0 Å². The van der Waals surface area contributed by atoms with Crippen molar-refractivity contribution in [2.24, 2.45) is 5.73 Å². The summed E-state index contributed by atoms with van der Waals surface area (Å²) in [5.74, 6) is -0.445. The van der Waals surface area contributed by atoms with Crippen LogP contribution in [0.1, 0.15) is 34.6 Å². The molecule has 4 rings (SSSR count). The smallest absolute Gasteiger partial charge is 0.218 e. The van der Waals surface area contributed by atoms with Gasteiger partial charge in [-0.3, -0.25) is 4.79 Å². The standard InChI is InChI=1S/C26H25FN2O2/c1-17-7-12-24(27)22(13-17)21(14-26(28)30)23-16-29(25-6-4-3-5-20(23)25)15-18-8-10-19(31-2)11-9-18/h3-13,16,21H,14-15H2,1-2H3,(H2,28,30)/t21-/m1/s1. The number of methoxy groups -OCH3 is 1. The van der Waals surface area contributed by atoms with E-state index in [0.29, 0.717) is 12.1 Å². The number of aryl methyl sites for hydroxylation is 1. The summed E-state index contributed by atoms with van der Waals surface area (Å²) in [5.41, 5.74) is 10.0. The highest BCUT2D eigenvalue weighted by Crippen LogP contribution is 2.36. The minimum Gasteiger partial charge on any atom is -0.497 e. The van der Waals surface area contributed by atoms with Crippen LogP contribution in [0.2, 0.25) is 0 Å². The first kappa shape index (κ1) is 20.7. The fourth-order valence-electron chi connectivity index (χ4n) is 4.13. The van der Waals surface area contributed by atoms with E-state index in [4.69, 9.17) is 10.5 Å². The Morgan fingerprint density at radius 2 is 1.81 bits per heavy atom. The summed E-state index contributed by atoms with van der Waals surface area (Å²) in [4.78, 5) is 11.9. The molecule has 0 spiro atoms. The first-order valence-electron chi connectivity index (χ1n) is 10.2. The normalized spacial score (nSPS) is 12.1. The largest absolute Gasteiger partial charge is 0.497 e. The summed E-state index contributed by atoms with van der Waals surface area (Å²) in [6.07, 6.45) is 2.06. The number of benzene rings is 3. The Morgan fingerprint density at radius 1 is 1.06 bits per heavy atom. The molecule has 0 aliphatic carbocycles. The Labute approximate surface area is 181 Å². The highest BCUT2D eigenvalue weighted by Gasteiger charge is 2.24. The average Bonchev–Trinajstić information content (AvgIpc) is 3.12. The van der Waals surface area contributed by atoms with Crippen LogP contribution in [0, 0.1) is 12.7 Å². The third-order valence-corrected chi connectivity index (χ3v) is 5.64. The van der Waals surface area contributed by atoms with Crippen LogP contribution in [0.4, 0.5) is 4.39 Å². The number of para-hydroxylation sites is 1. The number of primary amides is 1. The lowest BCUT2D eigenvalue weighted by atomic mass is 9.87. The van der Waals surface area contributed by atoms with E-state index < -0.39 is 11.8 Å². The van der Waals surface area contributed by atoms with Crippen molar-refractivity contribution >= 4 is 16.8 Å². The van der Waals surface area contributed by atoms with Gasteiger partial charge in [0.1, 0.15) is 11.6 Å². The maximum Gasteiger partial charge on any atom is 0.218 e. The number of hydrogen-bond acceptors (Lipinski definition) is 2. The molecule has 158 valence electrons. The maximum atomic E-state index is 14.8. The van der Waals surface area contributed by atoms with Gasteiger partial charge in [-0.1, -0.05) is 48.0 Å². The van der Waals surface area contributed by atoms with Crippen LogP contribution in [0.5, 0.6) is 5.75 Å². The van der Waals surface area contributed by atoms with E-state index in [1.54, 1.807) is 19.2 Å². The summed E-state index contributed by atoms with van der Waals surface area (Å²) in [5, 5.41) is 0.989. The van der Waals surface area contributed by atoms with Crippen molar-refractivity contribution in [2.45, 2.75) is 25.8 Å². The number of amides is 1. The molecule has 3 aromatic carbocycles. The minimum atomic E-state index is -0.460. The van der Waals surface area contributed by atoms with Crippen molar-refractivity contribution in [1.82, 2.24) is 4.57 Å². The zero-order chi connectivity index (χ0) is 22.0. The summed E-state index contributed by atoms with van der Waals surface area (Å²) in [6, 6.07) is 20.9. The first-order valence-corrected chi connectivity index (χ1v) is 10.2. The lowest BCUT2D eigenvalue weighted by Crippen LogP contribution is -2.17. The number of carbonyl (C=O) groups is 1. The summed E-state index contributed by atoms with van der Waals surface area (Å²) >= 11 is 0. The number of carbonyl (C=O) groups excluding carboxylic acids is 1. The van der Waals surface area contributed by atoms with Gasteiger partial charge in [0, 0.05) is 36.0 Å². The molecule has 1 aromatic heterocycles. The van der Waals surface area contributed by atoms with Crippen LogP contribution < -0.4 is 10.5 Å². The molecule has 0 aliphatic heterocycles. The molecule has 4 nitrogen and oxygen atoms in total. The van der Waals surface area contributed by atoms with Crippen LogP contribution in [0.25, 0.3) is 10.9 Å². The van der Waals surface area contributed by atoms with E-state index in [1.165, 1.54) is 6.07 Å². The van der Waals surface area contributed by atoms with Crippen molar-refractivity contribution in [1.29, 1.82) is 0 Å².